The molecule has 0 saturated carbocycles. The third-order valence-electron chi connectivity index (χ3n) is 4.10. The van der Waals surface area contributed by atoms with Gasteiger partial charge in [0.15, 0.2) is 0 Å². The number of benzene rings is 1. The summed E-state index contributed by atoms with van der Waals surface area (Å²) in [6.45, 7) is 4.73. The van der Waals surface area contributed by atoms with E-state index in [1.807, 2.05) is 11.8 Å². The van der Waals surface area contributed by atoms with Gasteiger partial charge in [-0.25, -0.2) is 4.79 Å². The quantitative estimate of drug-likeness (QED) is 0.679. The minimum Gasteiger partial charge on any atom is -0.478 e. The zero-order chi connectivity index (χ0) is 14.9. The lowest BCUT2D eigenvalue weighted by Crippen LogP contribution is -2.43. The molecule has 1 aromatic rings. The fraction of sp³-hybridized carbons (Fsp3) is 0.500. The molecule has 1 aliphatic heterocycles. The number of nitro benzene ring substituents is 1. The standard InChI is InChI=1S/C14H18N2O4/c1-9-5-4-8-15(10(9)2)13-11(14(17)18)6-3-7-12(13)16(19)20/h3,6-7,9-10H,4-5,8H2,1-2H3,(H,17,18). The van der Waals surface area contributed by atoms with Gasteiger partial charge in [0, 0.05) is 18.7 Å². The van der Waals surface area contributed by atoms with Crippen LogP contribution in [0, 0.1) is 16.0 Å². The van der Waals surface area contributed by atoms with E-state index < -0.39 is 10.9 Å². The van der Waals surface area contributed by atoms with Crippen molar-refractivity contribution in [2.24, 2.45) is 5.92 Å². The molecule has 2 unspecified atom stereocenters. The van der Waals surface area contributed by atoms with Crippen molar-refractivity contribution in [2.45, 2.75) is 32.7 Å². The lowest BCUT2D eigenvalue weighted by molar-refractivity contribution is -0.384. The molecule has 2 atom stereocenters. The Kier molecular flexibility index (Phi) is 3.92. The first kappa shape index (κ1) is 14.3. The summed E-state index contributed by atoms with van der Waals surface area (Å²) < 4.78 is 0. The van der Waals surface area contributed by atoms with E-state index >= 15 is 0 Å². The molecule has 1 fully saturated rings. The number of carbonyl (C=O) groups is 1. The second kappa shape index (κ2) is 5.48. The molecule has 108 valence electrons. The first-order valence-electron chi connectivity index (χ1n) is 6.70. The highest BCUT2D eigenvalue weighted by molar-refractivity contribution is 5.97. The first-order chi connectivity index (χ1) is 9.43. The molecule has 20 heavy (non-hydrogen) atoms. The summed E-state index contributed by atoms with van der Waals surface area (Å²) in [6, 6.07) is 4.30. The monoisotopic (exact) mass is 278 g/mol. The summed E-state index contributed by atoms with van der Waals surface area (Å²) >= 11 is 0. The Hall–Kier alpha value is -2.11. The van der Waals surface area contributed by atoms with Gasteiger partial charge in [-0.05, 0) is 31.7 Å². The number of hydrogen-bond donors (Lipinski definition) is 1. The SMILES string of the molecule is CC1CCCN(c2c(C(=O)O)cccc2[N+](=O)[O-])C1C. The van der Waals surface area contributed by atoms with Crippen molar-refractivity contribution in [3.63, 3.8) is 0 Å². The average Bonchev–Trinajstić information content (AvgIpc) is 2.41. The molecule has 6 heteroatoms. The molecular formula is C14H18N2O4. The summed E-state index contributed by atoms with van der Waals surface area (Å²) in [5.41, 5.74) is 0.107. The van der Waals surface area contributed by atoms with Gasteiger partial charge < -0.3 is 10.0 Å². The highest BCUT2D eigenvalue weighted by Crippen LogP contribution is 2.37. The predicted octanol–water partition coefficient (Wildman–Crippen LogP) is 2.92. The van der Waals surface area contributed by atoms with Crippen LogP contribution in [-0.4, -0.2) is 28.6 Å². The Balaban J connectivity index is 2.58. The maximum Gasteiger partial charge on any atom is 0.338 e. The maximum atomic E-state index is 11.4. The second-order valence-corrected chi connectivity index (χ2v) is 5.29. The van der Waals surface area contributed by atoms with E-state index in [-0.39, 0.29) is 23.0 Å². The molecule has 1 aromatic carbocycles. The number of aromatic carboxylic acids is 1. The molecule has 0 aliphatic carbocycles. The van der Waals surface area contributed by atoms with Crippen molar-refractivity contribution in [2.75, 3.05) is 11.4 Å². The average molecular weight is 278 g/mol. The van der Waals surface area contributed by atoms with E-state index in [0.29, 0.717) is 12.5 Å². The van der Waals surface area contributed by atoms with Crippen molar-refractivity contribution in [3.05, 3.63) is 33.9 Å². The fourth-order valence-corrected chi connectivity index (χ4v) is 2.80. The van der Waals surface area contributed by atoms with Gasteiger partial charge in [0.2, 0.25) is 0 Å². The number of carboxylic acids is 1. The van der Waals surface area contributed by atoms with Crippen LogP contribution in [0.5, 0.6) is 0 Å². The molecule has 1 saturated heterocycles. The van der Waals surface area contributed by atoms with Gasteiger partial charge in [-0.1, -0.05) is 13.0 Å². The largest absolute Gasteiger partial charge is 0.478 e. The van der Waals surface area contributed by atoms with Crippen LogP contribution in [0.2, 0.25) is 0 Å². The highest BCUT2D eigenvalue weighted by Gasteiger charge is 2.32. The van der Waals surface area contributed by atoms with Crippen molar-refractivity contribution in [3.8, 4) is 0 Å². The van der Waals surface area contributed by atoms with Crippen LogP contribution in [-0.2, 0) is 0 Å². The maximum absolute atomic E-state index is 11.4. The van der Waals surface area contributed by atoms with Crippen molar-refractivity contribution < 1.29 is 14.8 Å². The molecule has 1 aliphatic rings. The Morgan fingerprint density at radius 3 is 2.75 bits per heavy atom. The summed E-state index contributed by atoms with van der Waals surface area (Å²) in [4.78, 5) is 24.0. The normalized spacial score (nSPS) is 22.6. The van der Waals surface area contributed by atoms with Crippen molar-refractivity contribution in [1.82, 2.24) is 0 Å². The molecule has 0 aromatic heterocycles. The molecule has 6 nitrogen and oxygen atoms in total. The molecule has 1 N–H and O–H groups in total. The topological polar surface area (TPSA) is 83.7 Å². The van der Waals surface area contributed by atoms with Gasteiger partial charge in [0.05, 0.1) is 10.5 Å². The van der Waals surface area contributed by atoms with Crippen LogP contribution in [0.3, 0.4) is 0 Å². The Morgan fingerprint density at radius 2 is 2.15 bits per heavy atom. The van der Waals surface area contributed by atoms with E-state index in [9.17, 15) is 20.0 Å². The van der Waals surface area contributed by atoms with Crippen molar-refractivity contribution in [1.29, 1.82) is 0 Å². The van der Waals surface area contributed by atoms with E-state index in [2.05, 4.69) is 6.92 Å². The highest BCUT2D eigenvalue weighted by atomic mass is 16.6. The van der Waals surface area contributed by atoms with Crippen LogP contribution >= 0.6 is 0 Å². The number of nitro groups is 1. The van der Waals surface area contributed by atoms with Crippen molar-refractivity contribution >= 4 is 17.3 Å². The van der Waals surface area contributed by atoms with Gasteiger partial charge >= 0.3 is 5.97 Å². The smallest absolute Gasteiger partial charge is 0.338 e. The molecule has 1 heterocycles. The number of anilines is 1. The van der Waals surface area contributed by atoms with E-state index in [1.165, 1.54) is 18.2 Å². The third-order valence-corrected chi connectivity index (χ3v) is 4.10. The molecule has 0 amide bonds. The Bertz CT molecular complexity index is 512. The van der Waals surface area contributed by atoms with Crippen LogP contribution < -0.4 is 4.90 Å². The Labute approximate surface area is 117 Å². The van der Waals surface area contributed by atoms with E-state index in [4.69, 9.17) is 0 Å². The molecular weight excluding hydrogens is 260 g/mol. The minimum absolute atomic E-state index is 0.000139. The molecule has 0 bridgehead atoms. The molecule has 0 radical (unpaired) electrons. The second-order valence-electron chi connectivity index (χ2n) is 5.29. The first-order valence-corrected chi connectivity index (χ1v) is 6.70. The zero-order valence-corrected chi connectivity index (χ0v) is 11.6. The third kappa shape index (κ3) is 2.45. The number of para-hydroxylation sites is 1. The summed E-state index contributed by atoms with van der Waals surface area (Å²) in [5.74, 6) is -0.751. The van der Waals surface area contributed by atoms with Crippen LogP contribution in [0.25, 0.3) is 0 Å². The van der Waals surface area contributed by atoms with Gasteiger partial charge in [0.25, 0.3) is 5.69 Å². The number of carboxylic acid groups (broad SMARTS) is 1. The minimum atomic E-state index is -1.13. The summed E-state index contributed by atoms with van der Waals surface area (Å²) in [5, 5.41) is 20.5. The molecule has 2 rings (SSSR count). The van der Waals surface area contributed by atoms with Gasteiger partial charge in [0.1, 0.15) is 5.69 Å². The lowest BCUT2D eigenvalue weighted by Gasteiger charge is -2.39. The summed E-state index contributed by atoms with van der Waals surface area (Å²) in [7, 11) is 0. The van der Waals surface area contributed by atoms with Crippen LogP contribution in [0.1, 0.15) is 37.0 Å². The van der Waals surface area contributed by atoms with Gasteiger partial charge in [-0.3, -0.25) is 10.1 Å². The fourth-order valence-electron chi connectivity index (χ4n) is 2.80. The van der Waals surface area contributed by atoms with Crippen LogP contribution in [0.4, 0.5) is 11.4 Å². The zero-order valence-electron chi connectivity index (χ0n) is 11.6. The number of piperidine rings is 1. The summed E-state index contributed by atoms with van der Waals surface area (Å²) in [6.07, 6.45) is 1.97. The van der Waals surface area contributed by atoms with Crippen LogP contribution in [0.15, 0.2) is 18.2 Å². The molecule has 0 spiro atoms. The number of nitrogens with zero attached hydrogens (tertiary/aromatic N) is 2. The van der Waals surface area contributed by atoms with Gasteiger partial charge in [-0.15, -0.1) is 0 Å². The Morgan fingerprint density at radius 1 is 1.45 bits per heavy atom. The van der Waals surface area contributed by atoms with E-state index in [1.54, 1.807) is 0 Å². The number of hydrogen-bond acceptors (Lipinski definition) is 4. The lowest BCUT2D eigenvalue weighted by atomic mass is 9.91. The predicted molar refractivity (Wildman–Crippen MR) is 75.3 cm³/mol. The van der Waals surface area contributed by atoms with Gasteiger partial charge in [-0.2, -0.15) is 0 Å². The number of rotatable bonds is 3. The van der Waals surface area contributed by atoms with E-state index in [0.717, 1.165) is 12.8 Å².